The van der Waals surface area contributed by atoms with Crippen molar-refractivity contribution in [1.82, 2.24) is 0 Å². The molecule has 1 fully saturated rings. The molecule has 1 aliphatic heterocycles. The molecule has 0 spiro atoms. The van der Waals surface area contributed by atoms with Gasteiger partial charge < -0.3 is 4.90 Å². The zero-order valence-electron chi connectivity index (χ0n) is 12.5. The van der Waals surface area contributed by atoms with E-state index in [4.69, 9.17) is 23.2 Å². The molecule has 0 aliphatic carbocycles. The van der Waals surface area contributed by atoms with Crippen LogP contribution in [0.15, 0.2) is 41.4 Å². The van der Waals surface area contributed by atoms with Gasteiger partial charge in [-0.05, 0) is 61.2 Å². The second-order valence-corrected chi connectivity index (χ2v) is 6.41. The van der Waals surface area contributed by atoms with Gasteiger partial charge in [0.05, 0.1) is 15.7 Å². The lowest BCUT2D eigenvalue weighted by Crippen LogP contribution is -2.17. The van der Waals surface area contributed by atoms with Gasteiger partial charge in [-0.1, -0.05) is 29.3 Å². The maximum atomic E-state index is 6.01. The summed E-state index contributed by atoms with van der Waals surface area (Å²) in [6, 6.07) is 11.9. The second kappa shape index (κ2) is 6.72. The number of aliphatic imine (C=N–C) groups is 1. The summed E-state index contributed by atoms with van der Waals surface area (Å²) in [5.74, 6) is 0. The molecule has 0 radical (unpaired) electrons. The number of hydrogen-bond acceptors (Lipinski definition) is 2. The van der Waals surface area contributed by atoms with E-state index in [0.717, 1.165) is 24.3 Å². The van der Waals surface area contributed by atoms with E-state index in [1.165, 1.54) is 24.1 Å². The summed E-state index contributed by atoms with van der Waals surface area (Å²) in [6.07, 6.45) is 4.46. The molecule has 1 saturated heterocycles. The predicted molar refractivity (Wildman–Crippen MR) is 96.3 cm³/mol. The maximum absolute atomic E-state index is 6.01. The highest BCUT2D eigenvalue weighted by Gasteiger charge is 2.12. The normalized spacial score (nSPS) is 15.0. The molecule has 2 aromatic rings. The average Bonchev–Trinajstić information content (AvgIpc) is 3.04. The monoisotopic (exact) mass is 332 g/mol. The lowest BCUT2D eigenvalue weighted by atomic mass is 10.1. The molecule has 0 aromatic heterocycles. The maximum Gasteiger partial charge on any atom is 0.0645 e. The summed E-state index contributed by atoms with van der Waals surface area (Å²) in [5, 5.41) is 1.07. The van der Waals surface area contributed by atoms with Gasteiger partial charge in [0.1, 0.15) is 0 Å². The number of hydrogen-bond donors (Lipinski definition) is 0. The first-order valence-electron chi connectivity index (χ1n) is 7.48. The molecule has 114 valence electrons. The van der Waals surface area contributed by atoms with Crippen molar-refractivity contribution in [3.63, 3.8) is 0 Å². The van der Waals surface area contributed by atoms with Gasteiger partial charge in [-0.2, -0.15) is 0 Å². The van der Waals surface area contributed by atoms with Crippen molar-refractivity contribution in [1.29, 1.82) is 0 Å². The fourth-order valence-corrected chi connectivity index (χ4v) is 2.98. The van der Waals surface area contributed by atoms with E-state index in [2.05, 4.69) is 35.0 Å². The Bertz CT molecular complexity index is 704. The van der Waals surface area contributed by atoms with Gasteiger partial charge in [-0.3, -0.25) is 4.99 Å². The first kappa shape index (κ1) is 15.4. The third-order valence-corrected chi connectivity index (χ3v) is 4.72. The Balaban J connectivity index is 1.79. The number of anilines is 1. The van der Waals surface area contributed by atoms with Crippen LogP contribution < -0.4 is 4.90 Å². The van der Waals surface area contributed by atoms with Gasteiger partial charge in [0.25, 0.3) is 0 Å². The third kappa shape index (κ3) is 3.45. The van der Waals surface area contributed by atoms with E-state index in [1.807, 2.05) is 12.3 Å². The predicted octanol–water partition coefficient (Wildman–Crippen LogP) is 5.65. The fraction of sp³-hybridized carbons (Fsp3) is 0.278. The molecular weight excluding hydrogens is 315 g/mol. The van der Waals surface area contributed by atoms with Gasteiger partial charge in [-0.25, -0.2) is 0 Å². The van der Waals surface area contributed by atoms with Gasteiger partial charge in [-0.15, -0.1) is 0 Å². The number of benzene rings is 2. The summed E-state index contributed by atoms with van der Waals surface area (Å²) >= 11 is 11.9. The van der Waals surface area contributed by atoms with Crippen molar-refractivity contribution in [2.45, 2.75) is 19.8 Å². The minimum absolute atomic E-state index is 0.525. The summed E-state index contributed by atoms with van der Waals surface area (Å²) < 4.78 is 0. The number of halogens is 2. The molecule has 3 rings (SSSR count). The molecule has 0 N–H and O–H groups in total. The van der Waals surface area contributed by atoms with E-state index in [9.17, 15) is 0 Å². The Morgan fingerprint density at radius 3 is 2.45 bits per heavy atom. The molecule has 0 unspecified atom stereocenters. The van der Waals surface area contributed by atoms with Gasteiger partial charge in [0.15, 0.2) is 0 Å². The zero-order valence-corrected chi connectivity index (χ0v) is 14.0. The topological polar surface area (TPSA) is 15.6 Å². The van der Waals surface area contributed by atoms with Crippen LogP contribution in [0.4, 0.5) is 11.4 Å². The van der Waals surface area contributed by atoms with Crippen LogP contribution in [0.5, 0.6) is 0 Å². The molecule has 0 amide bonds. The zero-order chi connectivity index (χ0) is 15.5. The van der Waals surface area contributed by atoms with Crippen LogP contribution in [0.25, 0.3) is 0 Å². The molecule has 2 aromatic carbocycles. The standard InChI is InChI=1S/C18H18Cl2N2/c1-13-10-16(22-8-2-3-9-22)6-4-14(13)12-21-15-5-7-17(19)18(20)11-15/h4-7,10-12H,2-3,8-9H2,1H3. The van der Waals surface area contributed by atoms with Gasteiger partial charge in [0, 0.05) is 25.0 Å². The Kier molecular flexibility index (Phi) is 4.70. The molecule has 0 bridgehead atoms. The molecule has 1 aliphatic rings. The van der Waals surface area contributed by atoms with Crippen molar-refractivity contribution >= 4 is 40.8 Å². The minimum atomic E-state index is 0.525. The smallest absolute Gasteiger partial charge is 0.0645 e. The van der Waals surface area contributed by atoms with E-state index in [0.29, 0.717) is 10.0 Å². The Morgan fingerprint density at radius 1 is 1.00 bits per heavy atom. The summed E-state index contributed by atoms with van der Waals surface area (Å²) in [5.41, 5.74) is 4.46. The minimum Gasteiger partial charge on any atom is -0.372 e. The van der Waals surface area contributed by atoms with Crippen LogP contribution in [0, 0.1) is 6.92 Å². The largest absolute Gasteiger partial charge is 0.372 e. The third-order valence-electron chi connectivity index (χ3n) is 3.98. The SMILES string of the molecule is Cc1cc(N2CCCC2)ccc1C=Nc1ccc(Cl)c(Cl)c1. The number of aryl methyl sites for hydroxylation is 1. The summed E-state index contributed by atoms with van der Waals surface area (Å²) in [4.78, 5) is 6.92. The Hall–Kier alpha value is -1.51. The molecular formula is C18H18Cl2N2. The molecule has 2 nitrogen and oxygen atoms in total. The van der Waals surface area contributed by atoms with Crippen LogP contribution in [0.3, 0.4) is 0 Å². The van der Waals surface area contributed by atoms with Gasteiger partial charge in [0.2, 0.25) is 0 Å². The van der Waals surface area contributed by atoms with E-state index >= 15 is 0 Å². The summed E-state index contributed by atoms with van der Waals surface area (Å²) in [7, 11) is 0. The Labute approximate surface area is 141 Å². The van der Waals surface area contributed by atoms with E-state index in [1.54, 1.807) is 12.1 Å². The number of rotatable bonds is 3. The second-order valence-electron chi connectivity index (χ2n) is 5.59. The van der Waals surface area contributed by atoms with E-state index < -0.39 is 0 Å². The van der Waals surface area contributed by atoms with Crippen LogP contribution in [-0.4, -0.2) is 19.3 Å². The average molecular weight is 333 g/mol. The molecule has 1 heterocycles. The van der Waals surface area contributed by atoms with Crippen molar-refractivity contribution in [3.05, 3.63) is 57.6 Å². The van der Waals surface area contributed by atoms with Crippen LogP contribution >= 0.6 is 23.2 Å². The fourth-order valence-electron chi connectivity index (χ4n) is 2.69. The first-order valence-corrected chi connectivity index (χ1v) is 8.24. The first-order chi connectivity index (χ1) is 10.6. The van der Waals surface area contributed by atoms with Crippen molar-refractivity contribution in [3.8, 4) is 0 Å². The van der Waals surface area contributed by atoms with Crippen LogP contribution in [-0.2, 0) is 0 Å². The molecule has 22 heavy (non-hydrogen) atoms. The lowest BCUT2D eigenvalue weighted by molar-refractivity contribution is 0.949. The van der Waals surface area contributed by atoms with Crippen molar-refractivity contribution < 1.29 is 0 Å². The van der Waals surface area contributed by atoms with E-state index in [-0.39, 0.29) is 0 Å². The highest BCUT2D eigenvalue weighted by atomic mass is 35.5. The van der Waals surface area contributed by atoms with Gasteiger partial charge >= 0.3 is 0 Å². The number of nitrogens with zero attached hydrogens (tertiary/aromatic N) is 2. The highest BCUT2D eigenvalue weighted by molar-refractivity contribution is 6.42. The highest BCUT2D eigenvalue weighted by Crippen LogP contribution is 2.27. The summed E-state index contributed by atoms with van der Waals surface area (Å²) in [6.45, 7) is 4.45. The molecule has 4 heteroatoms. The molecule has 0 atom stereocenters. The van der Waals surface area contributed by atoms with Crippen LogP contribution in [0.1, 0.15) is 24.0 Å². The Morgan fingerprint density at radius 2 is 1.77 bits per heavy atom. The lowest BCUT2D eigenvalue weighted by Gasteiger charge is -2.18. The van der Waals surface area contributed by atoms with Crippen LogP contribution in [0.2, 0.25) is 10.0 Å². The van der Waals surface area contributed by atoms with Crippen molar-refractivity contribution in [2.24, 2.45) is 4.99 Å². The quantitative estimate of drug-likeness (QED) is 0.663. The molecule has 0 saturated carbocycles. The van der Waals surface area contributed by atoms with Crippen molar-refractivity contribution in [2.75, 3.05) is 18.0 Å².